The fourth-order valence-electron chi connectivity index (χ4n) is 2.70. The lowest BCUT2D eigenvalue weighted by molar-refractivity contribution is -0.142. The van der Waals surface area contributed by atoms with E-state index in [1.807, 2.05) is 0 Å². The number of nitrogens with zero attached hydrogens (tertiary/aromatic N) is 2. The monoisotopic (exact) mass is 420 g/mol. The molecule has 3 aliphatic rings. The average Bonchev–Trinajstić information content (AvgIpc) is 2.96. The van der Waals surface area contributed by atoms with Crippen molar-refractivity contribution in [3.05, 3.63) is 12.2 Å². The van der Waals surface area contributed by atoms with Gasteiger partial charge in [0.1, 0.15) is 5.25 Å². The van der Waals surface area contributed by atoms with Crippen LogP contribution in [0.4, 0.5) is 0 Å². The van der Waals surface area contributed by atoms with Crippen molar-refractivity contribution in [2.75, 3.05) is 13.1 Å². The van der Waals surface area contributed by atoms with Gasteiger partial charge in [-0.25, -0.2) is 3.97 Å². The Bertz CT molecular complexity index is 706. The van der Waals surface area contributed by atoms with E-state index < -0.39 is 36.5 Å². The molecule has 0 bridgehead atoms. The van der Waals surface area contributed by atoms with Gasteiger partial charge >= 0.3 is 7.60 Å². The van der Waals surface area contributed by atoms with Gasteiger partial charge in [-0.05, 0) is 23.6 Å². The first-order valence-electron chi connectivity index (χ1n) is 8.01. The van der Waals surface area contributed by atoms with E-state index in [0.29, 0.717) is 23.9 Å². The molecule has 4 amide bonds. The molecule has 142 valence electrons. The van der Waals surface area contributed by atoms with Gasteiger partial charge in [-0.3, -0.25) is 33.5 Å². The van der Waals surface area contributed by atoms with Crippen molar-refractivity contribution < 1.29 is 32.6 Å². The van der Waals surface area contributed by atoms with Crippen LogP contribution in [-0.4, -0.2) is 62.3 Å². The van der Waals surface area contributed by atoms with Gasteiger partial charge in [-0.2, -0.15) is 0 Å². The molecule has 9 nitrogen and oxygen atoms in total. The molecule has 2 fully saturated rings. The maximum atomic E-state index is 12.3. The van der Waals surface area contributed by atoms with E-state index in [1.54, 1.807) is 0 Å². The van der Waals surface area contributed by atoms with Gasteiger partial charge in [0.25, 0.3) is 11.8 Å². The fourth-order valence-corrected chi connectivity index (χ4v) is 7.04. The van der Waals surface area contributed by atoms with Crippen LogP contribution < -0.4 is 0 Å². The van der Waals surface area contributed by atoms with Crippen molar-refractivity contribution in [2.24, 2.45) is 0 Å². The highest BCUT2D eigenvalue weighted by Gasteiger charge is 2.42. The van der Waals surface area contributed by atoms with Gasteiger partial charge < -0.3 is 4.89 Å². The van der Waals surface area contributed by atoms with Crippen LogP contribution in [0.3, 0.4) is 0 Å². The van der Waals surface area contributed by atoms with Crippen molar-refractivity contribution in [1.29, 1.82) is 0 Å². The Balaban J connectivity index is 1.46. The van der Waals surface area contributed by atoms with Gasteiger partial charge in [0.15, 0.2) is 0 Å². The summed E-state index contributed by atoms with van der Waals surface area (Å²) in [6.07, 6.45) is 4.42. The first-order valence-corrected chi connectivity index (χ1v) is 11.8. The number of imide groups is 2. The van der Waals surface area contributed by atoms with Crippen LogP contribution in [0.25, 0.3) is 0 Å². The highest BCUT2D eigenvalue weighted by atomic mass is 33.1. The molecule has 0 radical (unpaired) electrons. The Morgan fingerprint density at radius 3 is 2.31 bits per heavy atom. The molecule has 0 aromatic rings. The summed E-state index contributed by atoms with van der Waals surface area (Å²) in [5, 5.41) is -0.725. The molecule has 2 unspecified atom stereocenters. The molecule has 2 atom stereocenters. The minimum atomic E-state index is -3.70. The lowest BCUT2D eigenvalue weighted by atomic mass is 10.00. The van der Waals surface area contributed by atoms with E-state index >= 15 is 0 Å². The summed E-state index contributed by atoms with van der Waals surface area (Å²) < 4.78 is 16.9. The summed E-state index contributed by atoms with van der Waals surface area (Å²) in [7, 11) is -2.77. The second kappa shape index (κ2) is 7.85. The van der Waals surface area contributed by atoms with E-state index in [0.717, 1.165) is 39.2 Å². The van der Waals surface area contributed by atoms with Crippen LogP contribution in [0.5, 0.6) is 0 Å². The van der Waals surface area contributed by atoms with Crippen molar-refractivity contribution in [3.63, 3.8) is 0 Å². The highest BCUT2D eigenvalue weighted by Crippen LogP contribution is 2.59. The van der Waals surface area contributed by atoms with Crippen molar-refractivity contribution in [3.8, 4) is 0 Å². The van der Waals surface area contributed by atoms with Crippen LogP contribution >= 0.6 is 29.5 Å². The molecule has 12 heteroatoms. The third-order valence-electron chi connectivity index (χ3n) is 4.48. The molecule has 2 aliphatic heterocycles. The SMILES string of the molecule is O=C1C=CC(=O)N1CCN1C(=O)CC(SSOP(=O)(O)C2CCC2)C1=O. The summed E-state index contributed by atoms with van der Waals surface area (Å²) in [6, 6.07) is 0. The maximum Gasteiger partial charge on any atom is 0.342 e. The fraction of sp³-hybridized carbons (Fsp3) is 0.571. The Morgan fingerprint density at radius 2 is 1.73 bits per heavy atom. The number of hydrogen-bond acceptors (Lipinski definition) is 8. The summed E-state index contributed by atoms with van der Waals surface area (Å²) in [5.74, 6) is -1.82. The number of hydrogen-bond donors (Lipinski definition) is 1. The van der Waals surface area contributed by atoms with Gasteiger partial charge in [0, 0.05) is 31.7 Å². The average molecular weight is 420 g/mol. The lowest BCUT2D eigenvalue weighted by Crippen LogP contribution is -2.41. The van der Waals surface area contributed by atoms with Gasteiger partial charge in [-0.15, -0.1) is 0 Å². The van der Waals surface area contributed by atoms with E-state index in [-0.39, 0.29) is 25.2 Å². The largest absolute Gasteiger partial charge is 0.342 e. The first-order chi connectivity index (χ1) is 12.3. The molecule has 1 N–H and O–H groups in total. The van der Waals surface area contributed by atoms with Crippen LogP contribution in [-0.2, 0) is 27.7 Å². The number of likely N-dealkylation sites (tertiary alicyclic amines) is 1. The lowest BCUT2D eigenvalue weighted by Gasteiger charge is -2.28. The van der Waals surface area contributed by atoms with Crippen LogP contribution in [0.15, 0.2) is 12.2 Å². The second-order valence-electron chi connectivity index (χ2n) is 6.13. The van der Waals surface area contributed by atoms with Gasteiger partial charge in [-0.1, -0.05) is 6.42 Å². The van der Waals surface area contributed by atoms with E-state index in [4.69, 9.17) is 3.97 Å². The molecule has 0 aromatic carbocycles. The van der Waals surface area contributed by atoms with Gasteiger partial charge in [0.05, 0.1) is 16.7 Å². The summed E-state index contributed by atoms with van der Waals surface area (Å²) in [4.78, 5) is 59.1. The Hall–Kier alpha value is -1.13. The molecule has 2 heterocycles. The second-order valence-corrected chi connectivity index (χ2v) is 10.5. The predicted octanol–water partition coefficient (Wildman–Crippen LogP) is 1.09. The van der Waals surface area contributed by atoms with Gasteiger partial charge in [0.2, 0.25) is 11.8 Å². The molecule has 1 aliphatic carbocycles. The Labute approximate surface area is 157 Å². The molecule has 0 spiro atoms. The third-order valence-corrected chi connectivity index (χ3v) is 9.18. The van der Waals surface area contributed by atoms with Crippen molar-refractivity contribution in [1.82, 2.24) is 9.80 Å². The van der Waals surface area contributed by atoms with Crippen LogP contribution in [0, 0.1) is 0 Å². The number of carbonyl (C=O) groups is 4. The quantitative estimate of drug-likeness (QED) is 0.266. The number of carbonyl (C=O) groups excluding carboxylic acids is 4. The predicted molar refractivity (Wildman–Crippen MR) is 94.7 cm³/mol. The molecule has 0 aromatic heterocycles. The van der Waals surface area contributed by atoms with Crippen molar-refractivity contribution in [2.45, 2.75) is 36.6 Å². The maximum absolute atomic E-state index is 12.3. The third kappa shape index (κ3) is 4.07. The zero-order valence-corrected chi connectivity index (χ0v) is 16.1. The van der Waals surface area contributed by atoms with Crippen LogP contribution in [0.2, 0.25) is 0 Å². The molecule has 1 saturated heterocycles. The summed E-state index contributed by atoms with van der Waals surface area (Å²) in [6.45, 7) is -0.128. The Morgan fingerprint density at radius 1 is 1.12 bits per heavy atom. The van der Waals surface area contributed by atoms with Crippen molar-refractivity contribution >= 4 is 53.1 Å². The smallest absolute Gasteiger partial charge is 0.323 e. The number of rotatable bonds is 8. The standard InChI is InChI=1S/C14H17N2O7PS2/c17-11-4-5-12(18)15(11)6-7-16-13(19)8-10(14(16)20)25-26-23-24(21,22)9-2-1-3-9/h4-5,9-10H,1-3,6-8H2,(H,21,22). The summed E-state index contributed by atoms with van der Waals surface area (Å²) in [5.41, 5.74) is -0.350. The molecule has 3 rings (SSSR count). The summed E-state index contributed by atoms with van der Waals surface area (Å²) >= 11 is 0.662. The Kier molecular flexibility index (Phi) is 5.93. The molecular formula is C14H17N2O7PS2. The minimum Gasteiger partial charge on any atom is -0.323 e. The normalized spacial score (nSPS) is 26.0. The zero-order valence-electron chi connectivity index (χ0n) is 13.6. The topological polar surface area (TPSA) is 121 Å². The highest BCUT2D eigenvalue weighted by molar-refractivity contribution is 8.75. The van der Waals surface area contributed by atoms with E-state index in [9.17, 15) is 28.6 Å². The van der Waals surface area contributed by atoms with Crippen LogP contribution in [0.1, 0.15) is 25.7 Å². The molecule has 1 saturated carbocycles. The molecular weight excluding hydrogens is 403 g/mol. The number of amides is 4. The van der Waals surface area contributed by atoms with E-state index in [1.165, 1.54) is 0 Å². The zero-order chi connectivity index (χ0) is 18.9. The molecule has 26 heavy (non-hydrogen) atoms. The van der Waals surface area contributed by atoms with E-state index in [2.05, 4.69) is 0 Å². The minimum absolute atomic E-state index is 0.0564. The first kappa shape index (κ1) is 19.6.